The molecule has 3 nitrogen and oxygen atoms in total. The molecule has 0 aliphatic rings. The van der Waals surface area contributed by atoms with Crippen LogP contribution < -0.4 is 4.74 Å². The van der Waals surface area contributed by atoms with Gasteiger partial charge < -0.3 is 9.47 Å². The van der Waals surface area contributed by atoms with Gasteiger partial charge in [0.15, 0.2) is 0 Å². The average Bonchev–Trinajstić information content (AvgIpc) is 3.13. The van der Waals surface area contributed by atoms with Crippen LogP contribution in [0.5, 0.6) is 5.75 Å². The molecule has 1 aromatic heterocycles. The minimum atomic E-state index is -0.643. The predicted molar refractivity (Wildman–Crippen MR) is 118 cm³/mol. The number of esters is 1. The third-order valence-electron chi connectivity index (χ3n) is 4.96. The maximum Gasteiger partial charge on any atom is 0.351 e. The monoisotopic (exact) mass is 420 g/mol. The molecule has 0 unspecified atom stereocenters. The van der Waals surface area contributed by atoms with Crippen molar-refractivity contribution < 1.29 is 18.7 Å². The molecule has 0 aliphatic carbocycles. The molecule has 0 N–H and O–H groups in total. The fourth-order valence-corrected chi connectivity index (χ4v) is 4.20. The number of halogens is 1. The van der Waals surface area contributed by atoms with Gasteiger partial charge in [-0.3, -0.25) is 0 Å². The van der Waals surface area contributed by atoms with Crippen molar-refractivity contribution in [3.8, 4) is 16.2 Å². The van der Waals surface area contributed by atoms with E-state index in [1.807, 2.05) is 24.3 Å². The molecule has 0 saturated carbocycles. The highest BCUT2D eigenvalue weighted by Gasteiger charge is 2.17. The second kappa shape index (κ2) is 13.4. The van der Waals surface area contributed by atoms with Crippen LogP contribution in [0.1, 0.15) is 80.8 Å². The lowest BCUT2D eigenvalue weighted by Gasteiger charge is -2.07. The van der Waals surface area contributed by atoms with Gasteiger partial charge in [0.05, 0.1) is 13.7 Å². The van der Waals surface area contributed by atoms with Crippen molar-refractivity contribution in [3.05, 3.63) is 41.0 Å². The van der Waals surface area contributed by atoms with Crippen LogP contribution in [0.15, 0.2) is 30.3 Å². The van der Waals surface area contributed by atoms with E-state index in [4.69, 9.17) is 4.74 Å². The van der Waals surface area contributed by atoms with E-state index in [2.05, 4.69) is 11.7 Å². The van der Waals surface area contributed by atoms with Gasteiger partial charge >= 0.3 is 5.97 Å². The van der Waals surface area contributed by atoms with E-state index in [1.54, 1.807) is 0 Å². The van der Waals surface area contributed by atoms with Crippen molar-refractivity contribution in [2.75, 3.05) is 13.7 Å². The Morgan fingerprint density at radius 2 is 1.52 bits per heavy atom. The molecular formula is C24H33FO3S. The van der Waals surface area contributed by atoms with E-state index in [9.17, 15) is 9.18 Å². The molecular weight excluding hydrogens is 387 g/mol. The van der Waals surface area contributed by atoms with Crippen molar-refractivity contribution in [1.29, 1.82) is 0 Å². The number of rotatable bonds is 14. The van der Waals surface area contributed by atoms with Crippen molar-refractivity contribution in [2.45, 2.75) is 71.1 Å². The fraction of sp³-hybridized carbons (Fsp3) is 0.542. The van der Waals surface area contributed by atoms with E-state index in [1.165, 1.54) is 71.0 Å². The Morgan fingerprint density at radius 3 is 2.10 bits per heavy atom. The summed E-state index contributed by atoms with van der Waals surface area (Å²) in [4.78, 5) is 12.2. The summed E-state index contributed by atoms with van der Waals surface area (Å²) in [7, 11) is 1.25. The van der Waals surface area contributed by atoms with E-state index in [0.717, 1.165) is 35.7 Å². The summed E-state index contributed by atoms with van der Waals surface area (Å²) in [5, 5.41) is 0. The van der Waals surface area contributed by atoms with Crippen LogP contribution in [-0.2, 0) is 4.74 Å². The maximum atomic E-state index is 13.9. The quantitative estimate of drug-likeness (QED) is 0.233. The average molecular weight is 421 g/mol. The van der Waals surface area contributed by atoms with E-state index in [0.29, 0.717) is 4.88 Å². The highest BCUT2D eigenvalue weighted by Crippen LogP contribution is 2.32. The van der Waals surface area contributed by atoms with Gasteiger partial charge in [0, 0.05) is 4.88 Å². The largest absolute Gasteiger partial charge is 0.494 e. The first kappa shape index (κ1) is 23.4. The van der Waals surface area contributed by atoms with Crippen molar-refractivity contribution in [1.82, 2.24) is 0 Å². The molecule has 29 heavy (non-hydrogen) atoms. The van der Waals surface area contributed by atoms with E-state index < -0.39 is 11.8 Å². The van der Waals surface area contributed by atoms with Crippen LogP contribution in [-0.4, -0.2) is 19.7 Å². The second-order valence-electron chi connectivity index (χ2n) is 7.33. The second-order valence-corrected chi connectivity index (χ2v) is 8.39. The highest BCUT2D eigenvalue weighted by molar-refractivity contribution is 7.17. The number of unbranched alkanes of at least 4 members (excludes halogenated alkanes) is 9. The van der Waals surface area contributed by atoms with Gasteiger partial charge in [0.25, 0.3) is 0 Å². The molecule has 5 heteroatoms. The number of methoxy groups -OCH3 is 1. The molecule has 2 aromatic rings. The van der Waals surface area contributed by atoms with Crippen molar-refractivity contribution in [2.24, 2.45) is 0 Å². The van der Waals surface area contributed by atoms with Gasteiger partial charge in [-0.15, -0.1) is 11.3 Å². The van der Waals surface area contributed by atoms with E-state index in [-0.39, 0.29) is 4.88 Å². The minimum absolute atomic E-state index is 0.00351. The van der Waals surface area contributed by atoms with Crippen LogP contribution in [0, 0.1) is 5.82 Å². The van der Waals surface area contributed by atoms with Crippen LogP contribution in [0.2, 0.25) is 0 Å². The zero-order valence-corrected chi connectivity index (χ0v) is 18.5. The molecule has 1 aromatic carbocycles. The third-order valence-corrected chi connectivity index (χ3v) is 6.10. The van der Waals surface area contributed by atoms with Gasteiger partial charge in [-0.2, -0.15) is 0 Å². The summed E-state index contributed by atoms with van der Waals surface area (Å²) in [5.41, 5.74) is 0.857. The Kier molecular flexibility index (Phi) is 10.8. The number of ether oxygens (including phenoxy) is 2. The molecule has 1 heterocycles. The summed E-state index contributed by atoms with van der Waals surface area (Å²) >= 11 is 1.10. The first-order valence-corrected chi connectivity index (χ1v) is 11.6. The highest BCUT2D eigenvalue weighted by atomic mass is 32.1. The number of hydrogen-bond acceptors (Lipinski definition) is 4. The Labute approximate surface area is 178 Å². The summed E-state index contributed by atoms with van der Waals surface area (Å²) in [6.45, 7) is 2.97. The van der Waals surface area contributed by atoms with Crippen LogP contribution in [0.4, 0.5) is 4.39 Å². The van der Waals surface area contributed by atoms with Crippen molar-refractivity contribution in [3.63, 3.8) is 0 Å². The van der Waals surface area contributed by atoms with E-state index >= 15 is 0 Å². The Morgan fingerprint density at radius 1 is 0.931 bits per heavy atom. The molecule has 0 radical (unpaired) electrons. The van der Waals surface area contributed by atoms with Gasteiger partial charge in [-0.25, -0.2) is 9.18 Å². The number of hydrogen-bond donors (Lipinski definition) is 0. The molecule has 0 saturated heterocycles. The van der Waals surface area contributed by atoms with Gasteiger partial charge in [-0.05, 0) is 42.3 Å². The fourth-order valence-electron chi connectivity index (χ4n) is 3.24. The topological polar surface area (TPSA) is 35.5 Å². The zero-order valence-electron chi connectivity index (χ0n) is 17.7. The van der Waals surface area contributed by atoms with Gasteiger partial charge in [-0.1, -0.05) is 64.7 Å². The molecule has 160 valence electrons. The summed E-state index contributed by atoms with van der Waals surface area (Å²) < 4.78 is 24.3. The summed E-state index contributed by atoms with van der Waals surface area (Å²) in [6, 6.07) is 8.93. The number of thiophene rings is 1. The van der Waals surface area contributed by atoms with Gasteiger partial charge in [0.2, 0.25) is 0 Å². The smallest absolute Gasteiger partial charge is 0.351 e. The summed E-state index contributed by atoms with van der Waals surface area (Å²) in [5.74, 6) is -0.372. The molecule has 0 bridgehead atoms. The van der Waals surface area contributed by atoms with Crippen LogP contribution in [0.3, 0.4) is 0 Å². The SMILES string of the molecule is CCCCCCCCCCCCOc1ccc(-c2cc(F)c(C(=O)OC)s2)cc1. The lowest BCUT2D eigenvalue weighted by molar-refractivity contribution is 0.0601. The first-order valence-electron chi connectivity index (χ1n) is 10.8. The number of carbonyl (C=O) groups is 1. The Balaban J connectivity index is 1.64. The molecule has 0 fully saturated rings. The molecule has 0 aliphatic heterocycles. The lowest BCUT2D eigenvalue weighted by atomic mass is 10.1. The molecule has 0 amide bonds. The van der Waals surface area contributed by atoms with Crippen LogP contribution in [0.25, 0.3) is 10.4 Å². The summed E-state index contributed by atoms with van der Waals surface area (Å²) in [6.07, 6.45) is 13.1. The zero-order chi connectivity index (χ0) is 20.9. The van der Waals surface area contributed by atoms with Crippen molar-refractivity contribution >= 4 is 17.3 Å². The number of carbonyl (C=O) groups excluding carboxylic acids is 1. The standard InChI is InChI=1S/C24H33FO3S/c1-3-4-5-6-7-8-9-10-11-12-17-28-20-15-13-19(14-16-20)22-18-21(25)23(29-22)24(26)27-2/h13-16,18H,3-12,17H2,1-2H3. The molecule has 2 rings (SSSR count). The van der Waals surface area contributed by atoms with Crippen LogP contribution >= 0.6 is 11.3 Å². The predicted octanol–water partition coefficient (Wildman–Crippen LogP) is 7.64. The molecule has 0 spiro atoms. The number of benzene rings is 1. The normalized spacial score (nSPS) is 10.9. The Bertz CT molecular complexity index is 724. The van der Waals surface area contributed by atoms with Gasteiger partial charge in [0.1, 0.15) is 16.4 Å². The maximum absolute atomic E-state index is 13.9. The molecule has 0 atom stereocenters. The Hall–Kier alpha value is -1.88. The lowest BCUT2D eigenvalue weighted by Crippen LogP contribution is -1.99. The first-order chi connectivity index (χ1) is 14.2. The third kappa shape index (κ3) is 8.17. The minimum Gasteiger partial charge on any atom is -0.494 e.